The summed E-state index contributed by atoms with van der Waals surface area (Å²) >= 11 is 0. The Morgan fingerprint density at radius 2 is 1.32 bits per heavy atom. The number of benzene rings is 4. The van der Waals surface area contributed by atoms with Crippen LogP contribution in [-0.2, 0) is 23.5 Å². The van der Waals surface area contributed by atoms with Crippen molar-refractivity contribution in [1.82, 2.24) is 10.3 Å². The Labute approximate surface area is 248 Å². The molecule has 228 valence electrons. The molecule has 0 aliphatic carbocycles. The molecule has 1 unspecified atom stereocenters. The maximum Gasteiger partial charge on any atom is 0.416 e. The van der Waals surface area contributed by atoms with Crippen molar-refractivity contribution >= 4 is 29.0 Å². The Morgan fingerprint density at radius 3 is 1.86 bits per heavy atom. The normalized spacial score (nSPS) is 15.4. The van der Waals surface area contributed by atoms with Gasteiger partial charge < -0.3 is 9.88 Å². The van der Waals surface area contributed by atoms with Gasteiger partial charge in [0.2, 0.25) is 0 Å². The summed E-state index contributed by atoms with van der Waals surface area (Å²) in [6.45, 7) is -0.322. The number of halogens is 6. The van der Waals surface area contributed by atoms with E-state index in [9.17, 15) is 35.7 Å². The van der Waals surface area contributed by atoms with Gasteiger partial charge in [0.25, 0.3) is 5.91 Å². The maximum absolute atomic E-state index is 14.8. The summed E-state index contributed by atoms with van der Waals surface area (Å²) in [5, 5.41) is 13.3. The van der Waals surface area contributed by atoms with Crippen LogP contribution in [0.15, 0.2) is 113 Å². The van der Waals surface area contributed by atoms with Gasteiger partial charge in [-0.1, -0.05) is 84.1 Å². The minimum absolute atomic E-state index is 0.0233. The molecule has 4 aromatic rings. The van der Waals surface area contributed by atoms with E-state index in [0.717, 1.165) is 0 Å². The number of hydrogen-bond donors (Lipinski definition) is 1. The van der Waals surface area contributed by atoms with Crippen molar-refractivity contribution in [2.45, 2.75) is 24.9 Å². The van der Waals surface area contributed by atoms with Crippen LogP contribution < -0.4 is 21.2 Å². The van der Waals surface area contributed by atoms with Gasteiger partial charge in [-0.05, 0) is 29.8 Å². The fourth-order valence-corrected chi connectivity index (χ4v) is 7.78. The van der Waals surface area contributed by atoms with E-state index in [1.54, 1.807) is 84.9 Å². The lowest BCUT2D eigenvalue weighted by Gasteiger charge is -2.22. The molecule has 6 nitrogen and oxygen atoms in total. The van der Waals surface area contributed by atoms with Crippen molar-refractivity contribution in [2.75, 3.05) is 13.1 Å². The first-order valence-corrected chi connectivity index (χ1v) is 15.1. The Balaban J connectivity index is 1.31. The molecule has 1 heterocycles. The van der Waals surface area contributed by atoms with Crippen molar-refractivity contribution in [3.8, 4) is 0 Å². The van der Waals surface area contributed by atoms with E-state index in [0.29, 0.717) is 28.0 Å². The highest BCUT2D eigenvalue weighted by Gasteiger charge is 2.37. The zero-order valence-corrected chi connectivity index (χ0v) is 23.8. The number of rotatable bonds is 8. The topological polar surface area (TPSA) is 74.1 Å². The van der Waals surface area contributed by atoms with E-state index in [1.807, 2.05) is 0 Å². The van der Waals surface area contributed by atoms with E-state index in [4.69, 9.17) is 0 Å². The first kappa shape index (κ1) is 31.0. The predicted octanol–water partition coefficient (Wildman–Crippen LogP) is 6.35. The fraction of sp³-hybridized carbons (Fsp3) is 0.194. The third kappa shape index (κ3) is 6.70. The van der Waals surface area contributed by atoms with Gasteiger partial charge in [-0.15, -0.1) is 0 Å². The minimum atomic E-state index is -4.96. The number of carbonyl (C=O) groups is 1. The molecule has 1 aliphatic rings. The molecule has 1 N–H and O–H groups in total. The second-order valence-electron chi connectivity index (χ2n) is 10.1. The lowest BCUT2D eigenvalue weighted by Crippen LogP contribution is -2.37. The third-order valence-corrected chi connectivity index (χ3v) is 10.1. The van der Waals surface area contributed by atoms with Crippen molar-refractivity contribution in [1.29, 1.82) is 0 Å². The van der Waals surface area contributed by atoms with Crippen LogP contribution >= 0.6 is 7.14 Å². The van der Waals surface area contributed by atoms with Crippen molar-refractivity contribution in [3.05, 3.63) is 125 Å². The van der Waals surface area contributed by atoms with Crippen LogP contribution in [0, 0.1) is 0 Å². The number of hydrogen-bond acceptors (Lipinski definition) is 5. The Hall–Kier alpha value is -4.44. The molecule has 13 heteroatoms. The monoisotopic (exact) mass is 630 g/mol. The highest BCUT2D eigenvalue weighted by atomic mass is 31.2. The molecule has 1 aliphatic heterocycles. The van der Waals surface area contributed by atoms with Crippen LogP contribution in [0.5, 0.6) is 0 Å². The van der Waals surface area contributed by atoms with E-state index in [2.05, 4.69) is 15.7 Å². The summed E-state index contributed by atoms with van der Waals surface area (Å²) in [6.07, 6.45) is -9.92. The van der Waals surface area contributed by atoms with Gasteiger partial charge in [0.15, 0.2) is 7.14 Å². The van der Waals surface area contributed by atoms with Crippen LogP contribution in [0.2, 0.25) is 0 Å². The quantitative estimate of drug-likeness (QED) is 0.182. The molecule has 5 rings (SSSR count). The lowest BCUT2D eigenvalue weighted by molar-refractivity contribution is -0.143. The van der Waals surface area contributed by atoms with Crippen LogP contribution in [0.4, 0.5) is 26.3 Å². The minimum Gasteiger partial charge on any atom is -0.350 e. The number of nitrogens with one attached hydrogen (secondary N) is 1. The Bertz CT molecular complexity index is 1640. The van der Waals surface area contributed by atoms with Crippen LogP contribution in [0.25, 0.3) is 0 Å². The summed E-state index contributed by atoms with van der Waals surface area (Å²) in [4.78, 5) is 13.4. The summed E-state index contributed by atoms with van der Waals surface area (Å²) in [5.41, 5.74) is -2.87. The summed E-state index contributed by atoms with van der Waals surface area (Å²) in [6, 6.07) is 25.0. The maximum atomic E-state index is 14.8. The molecule has 0 fully saturated rings. The van der Waals surface area contributed by atoms with Gasteiger partial charge in [-0.25, -0.2) is 0 Å². The Kier molecular flexibility index (Phi) is 8.65. The molecular formula is C31H25F6N4O2P. The Morgan fingerprint density at radius 1 is 0.795 bits per heavy atom. The summed E-state index contributed by atoms with van der Waals surface area (Å²) < 4.78 is 94.3. The van der Waals surface area contributed by atoms with E-state index >= 15 is 0 Å². The van der Waals surface area contributed by atoms with Gasteiger partial charge in [0.1, 0.15) is 6.04 Å². The molecule has 1 amide bonds. The molecule has 0 bridgehead atoms. The highest BCUT2D eigenvalue weighted by molar-refractivity contribution is 7.85. The molecule has 44 heavy (non-hydrogen) atoms. The number of carbonyl (C=O) groups excluding carboxylic acids is 1. The van der Waals surface area contributed by atoms with Gasteiger partial charge >= 0.3 is 12.4 Å². The van der Waals surface area contributed by atoms with E-state index < -0.39 is 42.6 Å². The SMILES string of the molecule is O=C(NCC1CN(Cc2cc(C(F)(F)F)cc(C(F)(F)F)c2)N=N1)c1ccccc1P(=O)(c1ccccc1)c1ccccc1. The zero-order valence-electron chi connectivity index (χ0n) is 22.9. The van der Waals surface area contributed by atoms with Crippen LogP contribution in [-0.4, -0.2) is 30.0 Å². The third-order valence-electron chi connectivity index (χ3n) is 7.00. The predicted molar refractivity (Wildman–Crippen MR) is 154 cm³/mol. The van der Waals surface area contributed by atoms with E-state index in [1.165, 1.54) is 5.01 Å². The average Bonchev–Trinajstić information content (AvgIpc) is 3.46. The first-order valence-electron chi connectivity index (χ1n) is 13.4. The van der Waals surface area contributed by atoms with Gasteiger partial charge in [-0.2, -0.15) is 31.5 Å². The molecule has 1 atom stereocenters. The van der Waals surface area contributed by atoms with Gasteiger partial charge in [0, 0.05) is 22.5 Å². The number of alkyl halides is 6. The van der Waals surface area contributed by atoms with Gasteiger partial charge in [0.05, 0.1) is 29.8 Å². The molecular weight excluding hydrogens is 605 g/mol. The second kappa shape index (κ2) is 12.3. The molecule has 0 spiro atoms. The fourth-order valence-electron chi connectivity index (χ4n) is 4.93. The van der Waals surface area contributed by atoms with Crippen molar-refractivity contribution < 1.29 is 35.7 Å². The molecule has 0 saturated heterocycles. The first-order chi connectivity index (χ1) is 20.9. The largest absolute Gasteiger partial charge is 0.416 e. The lowest BCUT2D eigenvalue weighted by atomic mass is 10.0. The summed E-state index contributed by atoms with van der Waals surface area (Å²) in [5.74, 6) is -0.519. The summed E-state index contributed by atoms with van der Waals surface area (Å²) in [7, 11) is -3.47. The molecule has 0 radical (unpaired) electrons. The highest BCUT2D eigenvalue weighted by Crippen LogP contribution is 2.43. The molecule has 4 aromatic carbocycles. The van der Waals surface area contributed by atoms with Crippen molar-refractivity contribution in [2.24, 2.45) is 10.3 Å². The second-order valence-corrected chi connectivity index (χ2v) is 12.9. The number of nitrogens with zero attached hydrogens (tertiary/aromatic N) is 3. The standard InChI is InChI=1S/C31H25F6N4O2P/c32-30(33,34)22-15-21(16-23(17-22)31(35,36)37)19-41-20-24(39-40-41)18-38-29(42)27-13-7-8-14-28(27)44(43,25-9-3-1-4-10-25)26-11-5-2-6-12-26/h1-17,24H,18-20H2,(H,38,42). The van der Waals surface area contributed by atoms with E-state index in [-0.39, 0.29) is 36.8 Å². The van der Waals surface area contributed by atoms with Gasteiger partial charge in [-0.3, -0.25) is 9.80 Å². The van der Waals surface area contributed by atoms with Crippen molar-refractivity contribution in [3.63, 3.8) is 0 Å². The number of amides is 1. The smallest absolute Gasteiger partial charge is 0.350 e. The van der Waals surface area contributed by atoms with Crippen LogP contribution in [0.1, 0.15) is 27.0 Å². The van der Waals surface area contributed by atoms with Crippen LogP contribution in [0.3, 0.4) is 0 Å². The average molecular weight is 631 g/mol. The molecule has 0 saturated carbocycles. The zero-order chi connectivity index (χ0) is 31.5. The molecule has 0 aromatic heterocycles.